The van der Waals surface area contributed by atoms with Gasteiger partial charge in [0.05, 0.1) is 19.3 Å². The molecule has 2 aromatic carbocycles. The van der Waals surface area contributed by atoms with E-state index in [1.54, 1.807) is 30.0 Å². The van der Waals surface area contributed by atoms with Crippen LogP contribution in [0.25, 0.3) is 11.3 Å². The maximum Gasteiger partial charge on any atom is 0.269 e. The van der Waals surface area contributed by atoms with Crippen LogP contribution in [-0.4, -0.2) is 29.3 Å². The quantitative estimate of drug-likeness (QED) is 0.729. The Bertz CT molecular complexity index is 968. The van der Waals surface area contributed by atoms with Gasteiger partial charge >= 0.3 is 0 Å². The summed E-state index contributed by atoms with van der Waals surface area (Å²) in [5.41, 5.74) is 3.03. The maximum absolute atomic E-state index is 13.0. The molecule has 0 spiro atoms. The molecule has 7 heteroatoms. The lowest BCUT2D eigenvalue weighted by Gasteiger charge is -2.25. The molecule has 0 aliphatic carbocycles. The molecule has 1 aliphatic rings. The molecular formula is C20H19FN4O2. The Kier molecular flexibility index (Phi) is 4.60. The van der Waals surface area contributed by atoms with E-state index >= 15 is 0 Å². The molecule has 0 unspecified atom stereocenters. The monoisotopic (exact) mass is 366 g/mol. The first-order valence-electron chi connectivity index (χ1n) is 8.64. The van der Waals surface area contributed by atoms with E-state index in [-0.39, 0.29) is 17.9 Å². The number of nitrogens with one attached hydrogen (secondary N) is 2. The van der Waals surface area contributed by atoms with Crippen LogP contribution in [0.5, 0.6) is 5.75 Å². The number of amides is 1. The number of carbonyl (C=O) groups is 1. The Balaban J connectivity index is 1.59. The molecular weight excluding hydrogens is 347 g/mol. The molecule has 0 saturated heterocycles. The minimum Gasteiger partial charge on any atom is -0.497 e. The summed E-state index contributed by atoms with van der Waals surface area (Å²) in [7, 11) is 1.61. The Labute approximate surface area is 156 Å². The van der Waals surface area contributed by atoms with Crippen LogP contribution in [0.1, 0.15) is 22.2 Å². The average Bonchev–Trinajstić information content (AvgIpc) is 3.15. The zero-order valence-electron chi connectivity index (χ0n) is 14.8. The third-order valence-electron chi connectivity index (χ3n) is 4.54. The van der Waals surface area contributed by atoms with E-state index in [0.717, 1.165) is 16.9 Å². The molecule has 138 valence electrons. The first-order chi connectivity index (χ1) is 13.1. The van der Waals surface area contributed by atoms with E-state index in [4.69, 9.17) is 4.74 Å². The molecule has 1 aromatic heterocycles. The summed E-state index contributed by atoms with van der Waals surface area (Å²) in [4.78, 5) is 12.2. The summed E-state index contributed by atoms with van der Waals surface area (Å²) in [6.45, 7) is 0.959. The Hall–Kier alpha value is -3.19. The molecule has 2 heterocycles. The molecule has 0 radical (unpaired) electrons. The molecule has 1 atom stereocenters. The van der Waals surface area contributed by atoms with Crippen LogP contribution in [0.3, 0.4) is 0 Å². The number of fused-ring (bicyclic) bond motifs is 1. The third kappa shape index (κ3) is 3.54. The molecule has 1 amide bonds. The summed E-state index contributed by atoms with van der Waals surface area (Å²) >= 11 is 0. The Morgan fingerprint density at radius 2 is 2.07 bits per heavy atom. The number of benzene rings is 2. The minimum absolute atomic E-state index is 0.156. The molecule has 6 nitrogen and oxygen atoms in total. The second-order valence-electron chi connectivity index (χ2n) is 6.32. The molecule has 0 bridgehead atoms. The molecule has 0 fully saturated rings. The summed E-state index contributed by atoms with van der Waals surface area (Å²) in [5.74, 6) is 0.311. The molecule has 27 heavy (non-hydrogen) atoms. The smallest absolute Gasteiger partial charge is 0.269 e. The van der Waals surface area contributed by atoms with Gasteiger partial charge in [-0.3, -0.25) is 10.1 Å². The zero-order valence-corrected chi connectivity index (χ0v) is 14.8. The van der Waals surface area contributed by atoms with Gasteiger partial charge in [-0.15, -0.1) is 0 Å². The van der Waals surface area contributed by atoms with Crippen LogP contribution in [0.4, 0.5) is 4.39 Å². The molecule has 0 saturated carbocycles. The van der Waals surface area contributed by atoms with Crippen molar-refractivity contribution in [2.24, 2.45) is 0 Å². The first kappa shape index (κ1) is 17.2. The van der Waals surface area contributed by atoms with Crippen molar-refractivity contribution in [3.63, 3.8) is 0 Å². The van der Waals surface area contributed by atoms with Crippen LogP contribution in [0.15, 0.2) is 54.6 Å². The number of hydrogen-bond acceptors (Lipinski definition) is 4. The predicted molar refractivity (Wildman–Crippen MR) is 98.8 cm³/mol. The first-order valence-corrected chi connectivity index (χ1v) is 8.64. The van der Waals surface area contributed by atoms with E-state index in [9.17, 15) is 9.18 Å². The van der Waals surface area contributed by atoms with Gasteiger partial charge in [0.15, 0.2) is 0 Å². The Morgan fingerprint density at radius 1 is 1.26 bits per heavy atom. The molecule has 3 aromatic rings. The van der Waals surface area contributed by atoms with Gasteiger partial charge in [-0.2, -0.15) is 5.10 Å². The van der Waals surface area contributed by atoms with E-state index < -0.39 is 0 Å². The number of halogens is 1. The van der Waals surface area contributed by atoms with Gasteiger partial charge in [0.1, 0.15) is 23.4 Å². The van der Waals surface area contributed by atoms with Crippen molar-refractivity contribution < 1.29 is 13.9 Å². The highest BCUT2D eigenvalue weighted by molar-refractivity contribution is 5.94. The van der Waals surface area contributed by atoms with Crippen LogP contribution >= 0.6 is 0 Å². The SMILES string of the molecule is COc1cccc(-c2cc3n(n2)[C@@H](NCc2ccc(F)cc2)CNC3=O)c1. The van der Waals surface area contributed by atoms with Crippen molar-refractivity contribution in [3.8, 4) is 17.0 Å². The van der Waals surface area contributed by atoms with Gasteiger partial charge in [-0.1, -0.05) is 24.3 Å². The number of ether oxygens (including phenoxy) is 1. The summed E-state index contributed by atoms with van der Waals surface area (Å²) < 4.78 is 20.0. The van der Waals surface area contributed by atoms with Gasteiger partial charge in [-0.05, 0) is 35.9 Å². The topological polar surface area (TPSA) is 68.2 Å². The van der Waals surface area contributed by atoms with Gasteiger partial charge < -0.3 is 10.1 Å². The number of hydrogen-bond donors (Lipinski definition) is 2. The fraction of sp³-hybridized carbons (Fsp3) is 0.200. The van der Waals surface area contributed by atoms with Crippen molar-refractivity contribution >= 4 is 5.91 Å². The minimum atomic E-state index is -0.263. The number of aromatic nitrogens is 2. The van der Waals surface area contributed by atoms with Crippen molar-refractivity contribution in [1.29, 1.82) is 0 Å². The number of carbonyl (C=O) groups excluding carboxylic acids is 1. The average molecular weight is 366 g/mol. The fourth-order valence-electron chi connectivity index (χ4n) is 3.09. The number of nitrogens with zero attached hydrogens (tertiary/aromatic N) is 2. The largest absolute Gasteiger partial charge is 0.497 e. The predicted octanol–water partition coefficient (Wildman–Crippen LogP) is 2.73. The van der Waals surface area contributed by atoms with E-state index in [0.29, 0.717) is 24.5 Å². The highest BCUT2D eigenvalue weighted by atomic mass is 19.1. The van der Waals surface area contributed by atoms with E-state index in [1.807, 2.05) is 24.3 Å². The normalized spacial score (nSPS) is 15.9. The van der Waals surface area contributed by atoms with Crippen LogP contribution in [0, 0.1) is 5.82 Å². The van der Waals surface area contributed by atoms with Crippen molar-refractivity contribution in [1.82, 2.24) is 20.4 Å². The van der Waals surface area contributed by atoms with Gasteiger partial charge in [0.25, 0.3) is 5.91 Å². The molecule has 1 aliphatic heterocycles. The lowest BCUT2D eigenvalue weighted by Crippen LogP contribution is -2.45. The summed E-state index contributed by atoms with van der Waals surface area (Å²) in [5, 5.41) is 10.9. The van der Waals surface area contributed by atoms with E-state index in [1.165, 1.54) is 12.1 Å². The number of methoxy groups -OCH3 is 1. The number of rotatable bonds is 5. The summed E-state index contributed by atoms with van der Waals surface area (Å²) in [6, 6.07) is 15.7. The second kappa shape index (κ2) is 7.20. The summed E-state index contributed by atoms with van der Waals surface area (Å²) in [6.07, 6.45) is -0.192. The molecule has 2 N–H and O–H groups in total. The van der Waals surface area contributed by atoms with Crippen LogP contribution in [-0.2, 0) is 6.54 Å². The second-order valence-corrected chi connectivity index (χ2v) is 6.32. The van der Waals surface area contributed by atoms with Gasteiger partial charge in [0, 0.05) is 12.1 Å². The van der Waals surface area contributed by atoms with Crippen molar-refractivity contribution in [3.05, 3.63) is 71.7 Å². The lowest BCUT2D eigenvalue weighted by atomic mass is 10.1. The van der Waals surface area contributed by atoms with E-state index in [2.05, 4.69) is 15.7 Å². The maximum atomic E-state index is 13.0. The molecule has 4 rings (SSSR count). The zero-order chi connectivity index (χ0) is 18.8. The van der Waals surface area contributed by atoms with Gasteiger partial charge in [0.2, 0.25) is 0 Å². The lowest BCUT2D eigenvalue weighted by molar-refractivity contribution is 0.0900. The van der Waals surface area contributed by atoms with Crippen molar-refractivity contribution in [2.45, 2.75) is 12.7 Å². The standard InChI is InChI=1S/C20H19FN4O2/c1-27-16-4-2-3-14(9-16)17-10-18-20(26)23-12-19(25(18)24-17)22-11-13-5-7-15(21)8-6-13/h2-10,19,22H,11-12H2,1H3,(H,23,26)/t19-/m1/s1. The fourth-order valence-corrected chi connectivity index (χ4v) is 3.09. The highest BCUT2D eigenvalue weighted by Gasteiger charge is 2.27. The third-order valence-corrected chi connectivity index (χ3v) is 4.54. The van der Waals surface area contributed by atoms with Crippen molar-refractivity contribution in [2.75, 3.05) is 13.7 Å². The van der Waals surface area contributed by atoms with Gasteiger partial charge in [-0.25, -0.2) is 9.07 Å². The van der Waals surface area contributed by atoms with Crippen LogP contribution in [0.2, 0.25) is 0 Å². The Morgan fingerprint density at radius 3 is 2.85 bits per heavy atom. The van der Waals surface area contributed by atoms with Crippen LogP contribution < -0.4 is 15.4 Å². The highest BCUT2D eigenvalue weighted by Crippen LogP contribution is 2.26.